The van der Waals surface area contributed by atoms with Crippen molar-refractivity contribution in [3.8, 4) is 0 Å². The van der Waals surface area contributed by atoms with Crippen LogP contribution in [0.3, 0.4) is 0 Å². The number of rotatable bonds is 11. The maximum Gasteiger partial charge on any atom is 0.410 e. The molecule has 1 atom stereocenters. The summed E-state index contributed by atoms with van der Waals surface area (Å²) in [6, 6.07) is -0.747. The average Bonchev–Trinajstić information content (AvgIpc) is 2.66. The van der Waals surface area contributed by atoms with E-state index in [4.69, 9.17) is 4.74 Å². The van der Waals surface area contributed by atoms with Crippen molar-refractivity contribution in [3.05, 3.63) is 12.7 Å². The molecule has 1 aliphatic rings. The number of ether oxygens (including phenoxy) is 1. The maximum atomic E-state index is 13.2. The zero-order valence-electron chi connectivity index (χ0n) is 17.6. The lowest BCUT2D eigenvalue weighted by Crippen LogP contribution is -2.51. The van der Waals surface area contributed by atoms with Crippen LogP contribution in [0.1, 0.15) is 58.8 Å². The Morgan fingerprint density at radius 1 is 1.21 bits per heavy atom. The fourth-order valence-corrected chi connectivity index (χ4v) is 3.69. The third-order valence-corrected chi connectivity index (χ3v) is 5.23. The predicted octanol–water partition coefficient (Wildman–Crippen LogP) is 3.54. The van der Waals surface area contributed by atoms with Crippen LogP contribution >= 0.6 is 0 Å². The SMILES string of the molecule is C=CCOC(=O)N(C)C(CC(C)C)C(=O)N(CCC1CCCCC1)CC(=O)O. The van der Waals surface area contributed by atoms with Gasteiger partial charge in [-0.15, -0.1) is 0 Å². The highest BCUT2D eigenvalue weighted by Crippen LogP contribution is 2.26. The standard InChI is InChI=1S/C21H36N2O5/c1-5-13-28-21(27)22(4)18(14-16(2)3)20(26)23(15-19(24)25)12-11-17-9-7-6-8-10-17/h5,16-18H,1,6-15H2,2-4H3,(H,24,25). The molecule has 0 bridgehead atoms. The van der Waals surface area contributed by atoms with Gasteiger partial charge in [0.15, 0.2) is 0 Å². The molecule has 0 aromatic rings. The third kappa shape index (κ3) is 8.31. The molecule has 2 amide bonds. The van der Waals surface area contributed by atoms with Gasteiger partial charge in [-0.3, -0.25) is 14.5 Å². The molecular weight excluding hydrogens is 360 g/mol. The highest BCUT2D eigenvalue weighted by molar-refractivity contribution is 5.88. The number of likely N-dealkylation sites (N-methyl/N-ethyl adjacent to an activating group) is 1. The van der Waals surface area contributed by atoms with E-state index in [1.54, 1.807) is 0 Å². The molecule has 1 fully saturated rings. The van der Waals surface area contributed by atoms with Crippen molar-refractivity contribution in [2.24, 2.45) is 11.8 Å². The Balaban J connectivity index is 2.88. The van der Waals surface area contributed by atoms with Crippen LogP contribution in [0.25, 0.3) is 0 Å². The summed E-state index contributed by atoms with van der Waals surface area (Å²) < 4.78 is 5.06. The van der Waals surface area contributed by atoms with Gasteiger partial charge < -0.3 is 14.7 Å². The summed E-state index contributed by atoms with van der Waals surface area (Å²) in [5, 5.41) is 9.29. The van der Waals surface area contributed by atoms with E-state index in [9.17, 15) is 19.5 Å². The lowest BCUT2D eigenvalue weighted by atomic mass is 9.87. The molecular formula is C21H36N2O5. The first-order valence-corrected chi connectivity index (χ1v) is 10.3. The smallest absolute Gasteiger partial charge is 0.410 e. The number of carboxylic acid groups (broad SMARTS) is 1. The van der Waals surface area contributed by atoms with Crippen LogP contribution in [0.5, 0.6) is 0 Å². The number of carbonyl (C=O) groups is 3. The van der Waals surface area contributed by atoms with Crippen LogP contribution in [0.4, 0.5) is 4.79 Å². The molecule has 7 nitrogen and oxygen atoms in total. The minimum absolute atomic E-state index is 0.0618. The van der Waals surface area contributed by atoms with Gasteiger partial charge in [0.25, 0.3) is 0 Å². The van der Waals surface area contributed by atoms with Crippen LogP contribution in [0.2, 0.25) is 0 Å². The van der Waals surface area contributed by atoms with Gasteiger partial charge in [0, 0.05) is 13.6 Å². The van der Waals surface area contributed by atoms with Crippen molar-refractivity contribution >= 4 is 18.0 Å². The minimum atomic E-state index is -1.04. The third-order valence-electron chi connectivity index (χ3n) is 5.23. The van der Waals surface area contributed by atoms with E-state index < -0.39 is 18.1 Å². The van der Waals surface area contributed by atoms with Gasteiger partial charge >= 0.3 is 12.1 Å². The molecule has 160 valence electrons. The summed E-state index contributed by atoms with van der Waals surface area (Å²) >= 11 is 0. The van der Waals surface area contributed by atoms with Gasteiger partial charge in [-0.1, -0.05) is 58.6 Å². The Kier molecular flexibility index (Phi) is 10.6. The summed E-state index contributed by atoms with van der Waals surface area (Å²) in [5.41, 5.74) is 0. The van der Waals surface area contributed by atoms with Crippen LogP contribution in [-0.2, 0) is 14.3 Å². The van der Waals surface area contributed by atoms with E-state index in [2.05, 4.69) is 6.58 Å². The number of hydrogen-bond acceptors (Lipinski definition) is 4. The van der Waals surface area contributed by atoms with E-state index in [1.807, 2.05) is 13.8 Å². The van der Waals surface area contributed by atoms with Gasteiger partial charge in [0.05, 0.1) is 0 Å². The van der Waals surface area contributed by atoms with Gasteiger partial charge in [-0.25, -0.2) is 4.79 Å². The predicted molar refractivity (Wildman–Crippen MR) is 108 cm³/mol. The van der Waals surface area contributed by atoms with E-state index in [-0.39, 0.29) is 25.0 Å². The fraction of sp³-hybridized carbons (Fsp3) is 0.762. The van der Waals surface area contributed by atoms with Crippen LogP contribution in [0.15, 0.2) is 12.7 Å². The van der Waals surface area contributed by atoms with Gasteiger partial charge in [0.1, 0.15) is 19.2 Å². The normalized spacial score (nSPS) is 15.7. The molecule has 7 heteroatoms. The van der Waals surface area contributed by atoms with Gasteiger partial charge in [-0.05, 0) is 24.7 Å². The van der Waals surface area contributed by atoms with Crippen molar-refractivity contribution < 1.29 is 24.2 Å². The monoisotopic (exact) mass is 396 g/mol. The Bertz CT molecular complexity index is 529. The van der Waals surface area contributed by atoms with Crippen molar-refractivity contribution in [3.63, 3.8) is 0 Å². The largest absolute Gasteiger partial charge is 0.480 e. The Hall–Kier alpha value is -2.05. The van der Waals surface area contributed by atoms with Crippen molar-refractivity contribution in [1.82, 2.24) is 9.80 Å². The Morgan fingerprint density at radius 3 is 2.39 bits per heavy atom. The second-order valence-corrected chi connectivity index (χ2v) is 8.07. The second kappa shape index (κ2) is 12.4. The molecule has 0 saturated heterocycles. The molecule has 1 aliphatic carbocycles. The minimum Gasteiger partial charge on any atom is -0.480 e. The number of aliphatic carboxylic acids is 1. The summed E-state index contributed by atoms with van der Waals surface area (Å²) in [7, 11) is 1.52. The quantitative estimate of drug-likeness (QED) is 0.540. The highest BCUT2D eigenvalue weighted by atomic mass is 16.6. The number of carbonyl (C=O) groups excluding carboxylic acids is 2. The Labute approximate surface area is 168 Å². The van der Waals surface area contributed by atoms with Crippen LogP contribution < -0.4 is 0 Å². The molecule has 1 N–H and O–H groups in total. The number of hydrogen-bond donors (Lipinski definition) is 1. The molecule has 1 rings (SSSR count). The molecule has 0 heterocycles. The lowest BCUT2D eigenvalue weighted by molar-refractivity contribution is -0.147. The lowest BCUT2D eigenvalue weighted by Gasteiger charge is -2.33. The number of carboxylic acids is 1. The van der Waals surface area contributed by atoms with E-state index in [1.165, 1.54) is 42.2 Å². The summed E-state index contributed by atoms with van der Waals surface area (Å²) in [4.78, 5) is 39.5. The van der Waals surface area contributed by atoms with Gasteiger partial charge in [0.2, 0.25) is 5.91 Å². The van der Waals surface area contributed by atoms with Crippen molar-refractivity contribution in [2.75, 3.05) is 26.7 Å². The maximum absolute atomic E-state index is 13.2. The molecule has 0 radical (unpaired) electrons. The molecule has 0 aromatic heterocycles. The van der Waals surface area contributed by atoms with E-state index in [0.717, 1.165) is 19.3 Å². The summed E-state index contributed by atoms with van der Waals surface area (Å²) in [6.07, 6.45) is 8.03. The van der Waals surface area contributed by atoms with Gasteiger partial charge in [-0.2, -0.15) is 0 Å². The first-order chi connectivity index (χ1) is 13.3. The topological polar surface area (TPSA) is 87.2 Å². The molecule has 0 spiro atoms. The van der Waals surface area contributed by atoms with Crippen LogP contribution in [0, 0.1) is 11.8 Å². The summed E-state index contributed by atoms with van der Waals surface area (Å²) in [6.45, 7) is 7.56. The number of amides is 2. The average molecular weight is 397 g/mol. The molecule has 0 aromatic carbocycles. The van der Waals surface area contributed by atoms with Crippen molar-refractivity contribution in [2.45, 2.75) is 64.8 Å². The Morgan fingerprint density at radius 2 is 1.86 bits per heavy atom. The first-order valence-electron chi connectivity index (χ1n) is 10.3. The zero-order chi connectivity index (χ0) is 21.1. The zero-order valence-corrected chi connectivity index (χ0v) is 17.6. The summed E-state index contributed by atoms with van der Waals surface area (Å²) in [5.74, 6) is -0.674. The number of nitrogens with zero attached hydrogens (tertiary/aromatic N) is 2. The van der Waals surface area contributed by atoms with Crippen molar-refractivity contribution in [1.29, 1.82) is 0 Å². The molecule has 0 aliphatic heterocycles. The fourth-order valence-electron chi connectivity index (χ4n) is 3.69. The second-order valence-electron chi connectivity index (χ2n) is 8.07. The van der Waals surface area contributed by atoms with E-state index >= 15 is 0 Å². The van der Waals surface area contributed by atoms with Crippen LogP contribution in [-0.4, -0.2) is 65.7 Å². The molecule has 28 heavy (non-hydrogen) atoms. The molecule has 1 unspecified atom stereocenters. The molecule has 1 saturated carbocycles. The first kappa shape index (κ1) is 24.0. The highest BCUT2D eigenvalue weighted by Gasteiger charge is 2.33. The van der Waals surface area contributed by atoms with E-state index in [0.29, 0.717) is 18.9 Å².